The maximum absolute atomic E-state index is 13.9. The van der Waals surface area contributed by atoms with Crippen LogP contribution in [0.5, 0.6) is 0 Å². The molecule has 16 heteroatoms. The van der Waals surface area contributed by atoms with Gasteiger partial charge in [0.05, 0.1) is 31.3 Å². The second kappa shape index (κ2) is 41.2. The van der Waals surface area contributed by atoms with E-state index in [4.69, 9.17) is 28.4 Å². The molecule has 0 N–H and O–H groups in total. The number of hydrogen-bond acceptors (Lipinski definition) is 8. The number of benzene rings is 3. The van der Waals surface area contributed by atoms with Crippen LogP contribution in [0.2, 0.25) is 0 Å². The van der Waals surface area contributed by atoms with Gasteiger partial charge in [0.2, 0.25) is 11.2 Å². The minimum atomic E-state index is -5.39. The quantitative estimate of drug-likeness (QED) is 0.0283. The van der Waals surface area contributed by atoms with Gasteiger partial charge in [0.15, 0.2) is 0 Å². The summed E-state index contributed by atoms with van der Waals surface area (Å²) in [5, 5.41) is 0. The zero-order chi connectivity index (χ0) is 58.0. The van der Waals surface area contributed by atoms with Crippen LogP contribution in [-0.2, 0) is 88.9 Å². The standard InChI is InChI=1S/C40H66O4S2.C20H33F3O2S.CH4.CH3.3HI.V/c1-13-41-19-15-17-31-21-35(39(7,8)9)22-32(18-16-20-42-14-2)37(31)45-46-38-33(27-43-25-29(3)4)23-36(40(10,11)12)24-34(38)28-44-26-30(5)6;1-14(2)10-24-12-16-8-18(20(5,6)7)9-17(13-25-11-15(3)4)19(16)26(21,22)23;;;;;;/h21-24,29-30H,13-20,25-28H2,1-12H3;8-9,14-15H,10-13H2,1-7H3;1H4;1H3;3*1H;/q;;;-1;;;;+3/p-3. The Bertz CT molecular complexity index is 1980. The summed E-state index contributed by atoms with van der Waals surface area (Å²) < 4.78 is 76.9. The summed E-state index contributed by atoms with van der Waals surface area (Å²) in [6, 6.07) is 13.0. The predicted octanol–water partition coefficient (Wildman–Crippen LogP) is 22.3. The Balaban J connectivity index is 0. The molecule has 0 fully saturated rings. The van der Waals surface area contributed by atoms with E-state index in [1.54, 1.807) is 12.1 Å². The van der Waals surface area contributed by atoms with Gasteiger partial charge in [0.25, 0.3) is 0 Å². The Morgan fingerprint density at radius 2 is 0.705 bits per heavy atom. The molecule has 0 aliphatic carbocycles. The van der Waals surface area contributed by atoms with Crippen molar-refractivity contribution < 1.29 is 45.0 Å². The van der Waals surface area contributed by atoms with Gasteiger partial charge in [-0.2, -0.15) is 0 Å². The van der Waals surface area contributed by atoms with E-state index < -0.39 is 16.1 Å². The van der Waals surface area contributed by atoms with Crippen LogP contribution in [-0.4, -0.2) is 52.9 Å². The summed E-state index contributed by atoms with van der Waals surface area (Å²) >= 11 is 2.00. The molecular formula is C62H106F3I3O6S3V-. The van der Waals surface area contributed by atoms with Crippen LogP contribution in [0.1, 0.15) is 202 Å². The van der Waals surface area contributed by atoms with E-state index in [0.717, 1.165) is 70.9 Å². The van der Waals surface area contributed by atoms with Crippen molar-refractivity contribution in [2.75, 3.05) is 52.9 Å². The molecular weight excluding hydrogens is 1430 g/mol. The van der Waals surface area contributed by atoms with E-state index in [0.29, 0.717) is 38.3 Å². The molecule has 0 aliphatic rings. The third-order valence-corrected chi connectivity index (χ3v) is 15.2. The molecule has 0 saturated heterocycles. The van der Waals surface area contributed by atoms with Gasteiger partial charge >= 0.3 is 64.9 Å². The molecule has 3 rings (SSSR count). The molecule has 6 nitrogen and oxygen atoms in total. The van der Waals surface area contributed by atoms with Gasteiger partial charge in [-0.3, -0.25) is 0 Å². The number of halogens is 6. The fourth-order valence-electron chi connectivity index (χ4n) is 7.59. The average Bonchev–Trinajstić information content (AvgIpc) is 3.27. The summed E-state index contributed by atoms with van der Waals surface area (Å²) in [5.41, 5.74) is 9.28. The fraction of sp³-hybridized carbons (Fsp3) is 0.694. The van der Waals surface area contributed by atoms with Crippen LogP contribution >= 0.6 is 92.7 Å². The minimum absolute atomic E-state index is 0. The third kappa shape index (κ3) is 34.2. The first-order chi connectivity index (χ1) is 35.2. The van der Waals surface area contributed by atoms with Crippen molar-refractivity contribution in [3.05, 3.63) is 93.9 Å². The molecule has 0 amide bonds. The molecule has 3 aromatic carbocycles. The monoisotopic (exact) mass is 1530 g/mol. The van der Waals surface area contributed by atoms with Crippen LogP contribution in [0.3, 0.4) is 0 Å². The molecule has 3 aromatic rings. The van der Waals surface area contributed by atoms with Crippen LogP contribution in [0.15, 0.2) is 51.1 Å². The molecule has 0 radical (unpaired) electrons. The normalized spacial score (nSPS) is 12.4. The van der Waals surface area contributed by atoms with Gasteiger partial charge in [-0.1, -0.05) is 183 Å². The Morgan fingerprint density at radius 3 is 0.949 bits per heavy atom. The first-order valence-corrected chi connectivity index (χ1v) is 44.2. The molecule has 0 aromatic heterocycles. The van der Waals surface area contributed by atoms with Gasteiger partial charge in [-0.15, -0.1) is 11.7 Å². The summed E-state index contributed by atoms with van der Waals surface area (Å²) in [7, 11) is 3.81. The second-order valence-corrected chi connectivity index (χ2v) is 62.9. The van der Waals surface area contributed by atoms with Gasteiger partial charge in [0.1, 0.15) is 0 Å². The van der Waals surface area contributed by atoms with Crippen LogP contribution in [0.4, 0.5) is 11.7 Å². The fourth-order valence-corrected chi connectivity index (χ4v) is 11.4. The average molecular weight is 1530 g/mol. The summed E-state index contributed by atoms with van der Waals surface area (Å²) in [4.78, 5) is 1.87. The van der Waals surface area contributed by atoms with E-state index in [-0.39, 0.29) is 72.2 Å². The Labute approximate surface area is 524 Å². The van der Waals surface area contributed by atoms with Crippen LogP contribution in [0, 0.1) is 31.1 Å². The van der Waals surface area contributed by atoms with Crippen molar-refractivity contribution in [1.82, 2.24) is 0 Å². The van der Waals surface area contributed by atoms with Gasteiger partial charge in [-0.25, -0.2) is 0 Å². The molecule has 0 heterocycles. The van der Waals surface area contributed by atoms with Gasteiger partial charge in [-0.05, 0) is 130 Å². The number of aryl methyl sites for hydroxylation is 2. The van der Waals surface area contributed by atoms with E-state index in [9.17, 15) is 11.7 Å². The maximum atomic E-state index is 13.9. The van der Waals surface area contributed by atoms with E-state index >= 15 is 0 Å². The number of ether oxygens (including phenoxy) is 6. The molecule has 0 aliphatic heterocycles. The molecule has 0 unspecified atom stereocenters. The molecule has 0 atom stereocenters. The van der Waals surface area contributed by atoms with Crippen LogP contribution < -0.4 is 0 Å². The molecule has 0 saturated carbocycles. The molecule has 456 valence electrons. The topological polar surface area (TPSA) is 55.4 Å². The van der Waals surface area contributed by atoms with Gasteiger partial charge < -0.3 is 35.8 Å². The van der Waals surface area contributed by atoms with Crippen LogP contribution in [0.25, 0.3) is 0 Å². The second-order valence-electron chi connectivity index (χ2n) is 24.1. The first-order valence-electron chi connectivity index (χ1n) is 27.2. The van der Waals surface area contributed by atoms with Crippen molar-refractivity contribution in [2.45, 2.75) is 222 Å². The van der Waals surface area contributed by atoms with E-state index in [1.807, 2.05) is 70.1 Å². The van der Waals surface area contributed by atoms with Gasteiger partial charge in [0, 0.05) is 62.6 Å². The van der Waals surface area contributed by atoms with Crippen molar-refractivity contribution >= 4 is 92.7 Å². The molecule has 0 spiro atoms. The van der Waals surface area contributed by atoms with Crippen molar-refractivity contribution in [1.29, 1.82) is 0 Å². The predicted molar refractivity (Wildman–Crippen MR) is 359 cm³/mol. The zero-order valence-corrected chi connectivity index (χ0v) is 61.3. The van der Waals surface area contributed by atoms with Crippen molar-refractivity contribution in [3.8, 4) is 0 Å². The number of rotatable bonds is 30. The molecule has 78 heavy (non-hydrogen) atoms. The summed E-state index contributed by atoms with van der Waals surface area (Å²) in [5.74, 6) is 1.53. The SMILES string of the molecule is C.CC(C)COCc1cc(C(C)(C)C)cc(COCC(C)C)c1S(F)(F)F.CCOCCCc1cc(C(C)(C)C)cc(CCCOCC)c1SSc1c(COCC(C)C)cc(C(C)(C)C)cc1COCC(C)C.[CH3-].[I][V]([I])[I]. The van der Waals surface area contributed by atoms with Crippen molar-refractivity contribution in [3.63, 3.8) is 0 Å². The molecule has 0 bridgehead atoms. The van der Waals surface area contributed by atoms with E-state index in [2.05, 4.69) is 167 Å². The third-order valence-electron chi connectivity index (χ3n) is 11.5. The Hall–Kier alpha value is 1.03. The Kier molecular flexibility index (Phi) is 42.8. The van der Waals surface area contributed by atoms with Crippen molar-refractivity contribution in [2.24, 2.45) is 23.7 Å². The Morgan fingerprint density at radius 1 is 0.462 bits per heavy atom. The zero-order valence-electron chi connectivity index (χ0n) is 51.0. The van der Waals surface area contributed by atoms with E-state index in [1.165, 1.54) is 43.2 Å². The number of hydrogen-bond donors (Lipinski definition) is 0. The summed E-state index contributed by atoms with van der Waals surface area (Å²) in [6.07, 6.45) is 4.04. The first kappa shape index (κ1) is 81.1. The summed E-state index contributed by atoms with van der Waals surface area (Å²) in [6.45, 7) is 47.4.